The number of hydrogen-bond acceptors (Lipinski definition) is 3. The van der Waals surface area contributed by atoms with Crippen molar-refractivity contribution in [3.63, 3.8) is 0 Å². The summed E-state index contributed by atoms with van der Waals surface area (Å²) in [7, 11) is 0. The van der Waals surface area contributed by atoms with Crippen LogP contribution in [0.3, 0.4) is 0 Å². The van der Waals surface area contributed by atoms with E-state index in [1.54, 1.807) is 12.2 Å². The van der Waals surface area contributed by atoms with Crippen LogP contribution in [-0.4, -0.2) is 11.4 Å². The topological polar surface area (TPSA) is 41.8 Å². The van der Waals surface area contributed by atoms with Gasteiger partial charge in [-0.1, -0.05) is 71.7 Å². The zero-order valence-corrected chi connectivity index (χ0v) is 12.6. The Hall–Kier alpha value is -3.25. The fraction of sp³-hybridized carbons (Fsp3) is 0.0500. The van der Waals surface area contributed by atoms with Gasteiger partial charge in [-0.05, 0) is 17.2 Å². The summed E-state index contributed by atoms with van der Waals surface area (Å²) in [5, 5.41) is 11.6. The Morgan fingerprint density at radius 3 is 2.35 bits per heavy atom. The van der Waals surface area contributed by atoms with Crippen LogP contribution < -0.4 is 0 Å². The van der Waals surface area contributed by atoms with Crippen LogP contribution in [0.4, 0.5) is 0 Å². The maximum Gasteiger partial charge on any atom is 0.122 e. The highest BCUT2D eigenvalue weighted by Crippen LogP contribution is 2.17. The summed E-state index contributed by atoms with van der Waals surface area (Å²) in [5.41, 5.74) is 2.65. The van der Waals surface area contributed by atoms with Gasteiger partial charge in [0.15, 0.2) is 0 Å². The minimum absolute atomic E-state index is 0.398. The number of rotatable bonds is 6. The average Bonchev–Trinajstić information content (AvgIpc) is 2.63. The molecule has 2 aromatic carbocycles. The van der Waals surface area contributed by atoms with Gasteiger partial charge in [0.2, 0.25) is 0 Å². The molecule has 0 heterocycles. The van der Waals surface area contributed by atoms with Gasteiger partial charge in [0.05, 0.1) is 6.21 Å². The lowest BCUT2D eigenvalue weighted by molar-refractivity contribution is 0.212. The summed E-state index contributed by atoms with van der Waals surface area (Å²) in [5.74, 6) is 3.17. The van der Waals surface area contributed by atoms with Gasteiger partial charge in [-0.15, -0.1) is 6.42 Å². The maximum atomic E-state index is 8.62. The Morgan fingerprint density at radius 2 is 1.74 bits per heavy atom. The molecular weight excluding hydrogens is 286 g/mol. The zero-order chi connectivity index (χ0) is 16.3. The van der Waals surface area contributed by atoms with Crippen molar-refractivity contribution in [1.82, 2.24) is 0 Å². The molecule has 3 heteroatoms. The summed E-state index contributed by atoms with van der Waals surface area (Å²) in [6.45, 7) is 0.398. The molecule has 1 N–H and O–H groups in total. The highest BCUT2D eigenvalue weighted by molar-refractivity contribution is 5.81. The van der Waals surface area contributed by atoms with Crippen molar-refractivity contribution in [3.8, 4) is 12.3 Å². The molecule has 3 nitrogen and oxygen atoms in total. The van der Waals surface area contributed by atoms with Crippen molar-refractivity contribution in [2.45, 2.75) is 6.61 Å². The molecule has 0 radical (unpaired) electrons. The molecule has 0 aliphatic carbocycles. The minimum Gasteiger partial charge on any atom is -0.489 e. The van der Waals surface area contributed by atoms with E-state index in [1.165, 1.54) is 6.21 Å². The first-order valence-electron chi connectivity index (χ1n) is 7.11. The number of oxime groups is 1. The van der Waals surface area contributed by atoms with E-state index in [0.29, 0.717) is 17.9 Å². The lowest BCUT2D eigenvalue weighted by atomic mass is 10.1. The molecule has 0 aliphatic heterocycles. The summed E-state index contributed by atoms with van der Waals surface area (Å²) in [6.07, 6.45) is 10.2. The molecule has 0 saturated carbocycles. The van der Waals surface area contributed by atoms with E-state index in [9.17, 15) is 0 Å². The molecule has 23 heavy (non-hydrogen) atoms. The second-order valence-corrected chi connectivity index (χ2v) is 4.68. The van der Waals surface area contributed by atoms with Crippen molar-refractivity contribution >= 4 is 11.8 Å². The monoisotopic (exact) mass is 303 g/mol. The molecule has 0 atom stereocenters. The van der Waals surface area contributed by atoms with Gasteiger partial charge < -0.3 is 9.94 Å². The molecule has 0 aliphatic rings. The first-order chi connectivity index (χ1) is 11.3. The Bertz CT molecular complexity index is 738. The Morgan fingerprint density at radius 1 is 1.09 bits per heavy atom. The second-order valence-electron chi connectivity index (χ2n) is 4.68. The minimum atomic E-state index is 0.398. The van der Waals surface area contributed by atoms with Crippen LogP contribution in [0.5, 0.6) is 0 Å². The van der Waals surface area contributed by atoms with E-state index < -0.39 is 0 Å². The van der Waals surface area contributed by atoms with Crippen molar-refractivity contribution < 1.29 is 9.94 Å². The van der Waals surface area contributed by atoms with Crippen molar-refractivity contribution in [1.29, 1.82) is 0 Å². The molecule has 2 rings (SSSR count). The third-order valence-corrected chi connectivity index (χ3v) is 3.08. The summed E-state index contributed by atoms with van der Waals surface area (Å²) in [4.78, 5) is 0. The Labute approximate surface area is 136 Å². The fourth-order valence-corrected chi connectivity index (χ4v) is 1.95. The standard InChI is InChI=1S/C20H17NO2/c1-2-18(19-11-7-4-8-12-19)15-20(13-14-21-22)23-16-17-9-5-3-6-10-17/h1,3-15,22H,16H2/b18-15+,20-13+,21-14+. The van der Waals surface area contributed by atoms with E-state index in [2.05, 4.69) is 11.1 Å². The summed E-state index contributed by atoms with van der Waals surface area (Å²) < 4.78 is 5.77. The third-order valence-electron chi connectivity index (χ3n) is 3.08. The van der Waals surface area contributed by atoms with Crippen LogP contribution in [0, 0.1) is 12.3 Å². The smallest absolute Gasteiger partial charge is 0.122 e. The highest BCUT2D eigenvalue weighted by Gasteiger charge is 2.01. The predicted molar refractivity (Wildman–Crippen MR) is 92.8 cm³/mol. The Kier molecular flexibility index (Phi) is 6.25. The van der Waals surface area contributed by atoms with Crippen LogP contribution in [0.15, 0.2) is 83.7 Å². The molecule has 0 bridgehead atoms. The van der Waals surface area contributed by atoms with Gasteiger partial charge in [-0.3, -0.25) is 0 Å². The van der Waals surface area contributed by atoms with E-state index in [-0.39, 0.29) is 0 Å². The van der Waals surface area contributed by atoms with Gasteiger partial charge in [-0.25, -0.2) is 0 Å². The number of benzene rings is 2. The molecule has 0 aromatic heterocycles. The van der Waals surface area contributed by atoms with Crippen molar-refractivity contribution in [2.24, 2.45) is 5.16 Å². The molecule has 2 aromatic rings. The lowest BCUT2D eigenvalue weighted by Gasteiger charge is -2.08. The van der Waals surface area contributed by atoms with Gasteiger partial charge in [0.1, 0.15) is 12.4 Å². The van der Waals surface area contributed by atoms with Crippen LogP contribution in [-0.2, 0) is 11.3 Å². The summed E-state index contributed by atoms with van der Waals surface area (Å²) in [6, 6.07) is 19.4. The zero-order valence-electron chi connectivity index (χ0n) is 12.6. The van der Waals surface area contributed by atoms with Gasteiger partial charge in [0.25, 0.3) is 0 Å². The lowest BCUT2D eigenvalue weighted by Crippen LogP contribution is -1.94. The normalized spacial score (nSPS) is 12.1. The third kappa shape index (κ3) is 5.22. The van der Waals surface area contributed by atoms with E-state index in [0.717, 1.165) is 11.1 Å². The van der Waals surface area contributed by atoms with Crippen LogP contribution >= 0.6 is 0 Å². The first-order valence-corrected chi connectivity index (χ1v) is 7.11. The van der Waals surface area contributed by atoms with Gasteiger partial charge in [0, 0.05) is 11.6 Å². The van der Waals surface area contributed by atoms with Crippen LogP contribution in [0.2, 0.25) is 0 Å². The maximum absolute atomic E-state index is 8.62. The number of ether oxygens (including phenoxy) is 1. The molecule has 114 valence electrons. The van der Waals surface area contributed by atoms with E-state index >= 15 is 0 Å². The fourth-order valence-electron chi connectivity index (χ4n) is 1.95. The number of terminal acetylenes is 1. The van der Waals surface area contributed by atoms with Gasteiger partial charge in [-0.2, -0.15) is 0 Å². The van der Waals surface area contributed by atoms with E-state index in [1.807, 2.05) is 60.7 Å². The number of hydrogen-bond donors (Lipinski definition) is 1. The van der Waals surface area contributed by atoms with Crippen molar-refractivity contribution in [3.05, 3.63) is 89.7 Å². The van der Waals surface area contributed by atoms with Gasteiger partial charge >= 0.3 is 0 Å². The second kappa shape index (κ2) is 8.91. The van der Waals surface area contributed by atoms with E-state index in [4.69, 9.17) is 16.4 Å². The first kappa shape index (κ1) is 16.1. The molecule has 0 saturated heterocycles. The highest BCUT2D eigenvalue weighted by atomic mass is 16.5. The van der Waals surface area contributed by atoms with Crippen molar-refractivity contribution in [2.75, 3.05) is 0 Å². The molecule has 0 fully saturated rings. The van der Waals surface area contributed by atoms with Crippen LogP contribution in [0.25, 0.3) is 5.57 Å². The molecule has 0 spiro atoms. The quantitative estimate of drug-likeness (QED) is 0.216. The molecular formula is C20H17NO2. The molecule has 0 unspecified atom stereocenters. The summed E-state index contributed by atoms with van der Waals surface area (Å²) >= 11 is 0. The largest absolute Gasteiger partial charge is 0.489 e. The Balaban J connectivity index is 2.21. The SMILES string of the molecule is C#C\C(=C/C(=C\C=N\O)OCc1ccccc1)c1ccccc1. The number of allylic oxidation sites excluding steroid dienone is 3. The molecule has 0 amide bonds. The number of nitrogens with zero attached hydrogens (tertiary/aromatic N) is 1. The van der Waals surface area contributed by atoms with Crippen LogP contribution in [0.1, 0.15) is 11.1 Å². The predicted octanol–water partition coefficient (Wildman–Crippen LogP) is 4.26. The average molecular weight is 303 g/mol.